The van der Waals surface area contributed by atoms with E-state index in [0.29, 0.717) is 42.6 Å². The van der Waals surface area contributed by atoms with Crippen molar-refractivity contribution in [3.05, 3.63) is 56.6 Å². The zero-order chi connectivity index (χ0) is 24.8. The number of benzene rings is 2. The standard InChI is InChI=1S/C23H25N3O7S/c1-5-31-17-11-14(12-18(32-6-2)19(17)33-7-3)20(27)25-26-21(28)15-9-8-13(22(29)30-4)10-16(15)24-23(26)34/h8-12H,5-7H2,1-4H3,(H,24,34)(H,25,27). The first kappa shape index (κ1) is 24.8. The maximum atomic E-state index is 13.1. The third-order valence-electron chi connectivity index (χ3n) is 4.70. The first-order valence-electron chi connectivity index (χ1n) is 10.6. The lowest BCUT2D eigenvalue weighted by Gasteiger charge is -2.17. The molecule has 34 heavy (non-hydrogen) atoms. The van der Waals surface area contributed by atoms with Crippen LogP contribution >= 0.6 is 12.2 Å². The second-order valence-corrected chi connectivity index (χ2v) is 7.25. The number of amides is 1. The van der Waals surface area contributed by atoms with E-state index in [9.17, 15) is 14.4 Å². The summed E-state index contributed by atoms with van der Waals surface area (Å²) in [5.74, 6) is -0.0931. The minimum atomic E-state index is -0.614. The molecular weight excluding hydrogens is 462 g/mol. The number of carbonyl (C=O) groups is 2. The maximum absolute atomic E-state index is 13.1. The van der Waals surface area contributed by atoms with E-state index in [0.717, 1.165) is 4.68 Å². The summed E-state index contributed by atoms with van der Waals surface area (Å²) in [6.07, 6.45) is 0. The van der Waals surface area contributed by atoms with E-state index in [1.165, 1.54) is 37.4 Å². The molecule has 1 heterocycles. The molecule has 1 amide bonds. The van der Waals surface area contributed by atoms with Gasteiger partial charge in [-0.05, 0) is 63.3 Å². The van der Waals surface area contributed by atoms with Crippen molar-refractivity contribution < 1.29 is 28.5 Å². The van der Waals surface area contributed by atoms with Crippen LogP contribution in [0.5, 0.6) is 17.2 Å². The van der Waals surface area contributed by atoms with Gasteiger partial charge in [0.1, 0.15) is 0 Å². The molecule has 0 aliphatic heterocycles. The number of esters is 1. The highest BCUT2D eigenvalue weighted by Gasteiger charge is 2.19. The van der Waals surface area contributed by atoms with Crippen LogP contribution in [0.3, 0.4) is 0 Å². The Balaban J connectivity index is 2.03. The lowest BCUT2D eigenvalue weighted by molar-refractivity contribution is 0.0600. The average Bonchev–Trinajstić information content (AvgIpc) is 2.82. The number of methoxy groups -OCH3 is 1. The Morgan fingerprint density at radius 1 is 0.971 bits per heavy atom. The summed E-state index contributed by atoms with van der Waals surface area (Å²) in [4.78, 5) is 40.7. The molecule has 11 heteroatoms. The van der Waals surface area contributed by atoms with E-state index in [4.69, 9.17) is 31.2 Å². The first-order chi connectivity index (χ1) is 16.3. The number of aromatic amines is 1. The number of fused-ring (bicyclic) bond motifs is 1. The number of rotatable bonds is 9. The second kappa shape index (κ2) is 10.8. The quantitative estimate of drug-likeness (QED) is 0.348. The Morgan fingerprint density at radius 3 is 2.15 bits per heavy atom. The molecule has 0 bridgehead atoms. The number of nitrogens with one attached hydrogen (secondary N) is 2. The van der Waals surface area contributed by atoms with E-state index in [-0.39, 0.29) is 21.3 Å². The van der Waals surface area contributed by atoms with Gasteiger partial charge < -0.3 is 23.9 Å². The van der Waals surface area contributed by atoms with Gasteiger partial charge in [0.05, 0.1) is 43.4 Å². The van der Waals surface area contributed by atoms with Crippen molar-refractivity contribution in [1.82, 2.24) is 9.66 Å². The highest BCUT2D eigenvalue weighted by Crippen LogP contribution is 2.39. The molecule has 0 saturated heterocycles. The Kier molecular flexibility index (Phi) is 7.90. The molecule has 2 aromatic carbocycles. The van der Waals surface area contributed by atoms with Gasteiger partial charge >= 0.3 is 5.97 Å². The van der Waals surface area contributed by atoms with Crippen molar-refractivity contribution >= 4 is 35.0 Å². The summed E-state index contributed by atoms with van der Waals surface area (Å²) in [5.41, 5.74) is 2.71. The number of H-pyrrole nitrogens is 1. The van der Waals surface area contributed by atoms with Gasteiger partial charge in [0, 0.05) is 5.56 Å². The summed E-state index contributed by atoms with van der Waals surface area (Å²) in [7, 11) is 1.26. The molecule has 0 aliphatic carbocycles. The average molecular weight is 488 g/mol. The minimum absolute atomic E-state index is 0.0612. The molecule has 2 N–H and O–H groups in total. The first-order valence-corrected chi connectivity index (χ1v) is 11.0. The largest absolute Gasteiger partial charge is 0.490 e. The zero-order valence-corrected chi connectivity index (χ0v) is 20.0. The molecule has 10 nitrogen and oxygen atoms in total. The van der Waals surface area contributed by atoms with Gasteiger partial charge in [-0.25, -0.2) is 4.79 Å². The van der Waals surface area contributed by atoms with Crippen molar-refractivity contribution in [2.75, 3.05) is 32.4 Å². The van der Waals surface area contributed by atoms with Crippen LogP contribution in [0.25, 0.3) is 10.9 Å². The van der Waals surface area contributed by atoms with Crippen LogP contribution in [0, 0.1) is 4.77 Å². The third kappa shape index (κ3) is 5.04. The summed E-state index contributed by atoms with van der Waals surface area (Å²) < 4.78 is 22.5. The van der Waals surface area contributed by atoms with Gasteiger partial charge in [0.25, 0.3) is 11.5 Å². The number of nitrogens with zero attached hydrogens (tertiary/aromatic N) is 1. The predicted octanol–water partition coefficient (Wildman–Crippen LogP) is 3.43. The monoisotopic (exact) mass is 487 g/mol. The molecule has 0 saturated carbocycles. The number of aromatic nitrogens is 2. The molecule has 0 fully saturated rings. The van der Waals surface area contributed by atoms with Crippen molar-refractivity contribution in [3.63, 3.8) is 0 Å². The fraction of sp³-hybridized carbons (Fsp3) is 0.304. The Hall–Kier alpha value is -3.86. The van der Waals surface area contributed by atoms with Crippen LogP contribution in [0.2, 0.25) is 0 Å². The SMILES string of the molecule is CCOc1cc(C(=O)Nn2c(=S)[nH]c3cc(C(=O)OC)ccc3c2=O)cc(OCC)c1OCC. The molecule has 0 spiro atoms. The zero-order valence-electron chi connectivity index (χ0n) is 19.2. The fourth-order valence-electron chi connectivity index (χ4n) is 3.25. The Labute approximate surface area is 200 Å². The lowest BCUT2D eigenvalue weighted by Crippen LogP contribution is -2.34. The van der Waals surface area contributed by atoms with Crippen molar-refractivity contribution in [1.29, 1.82) is 0 Å². The summed E-state index contributed by atoms with van der Waals surface area (Å²) in [6.45, 7) is 6.52. The van der Waals surface area contributed by atoms with Crippen LogP contribution in [0.15, 0.2) is 35.1 Å². The van der Waals surface area contributed by atoms with E-state index >= 15 is 0 Å². The van der Waals surface area contributed by atoms with Crippen molar-refractivity contribution in [2.45, 2.75) is 20.8 Å². The van der Waals surface area contributed by atoms with Gasteiger partial charge in [-0.1, -0.05) is 0 Å². The van der Waals surface area contributed by atoms with Gasteiger partial charge in [-0.15, -0.1) is 0 Å². The van der Waals surface area contributed by atoms with Gasteiger partial charge in [0.15, 0.2) is 16.3 Å². The van der Waals surface area contributed by atoms with E-state index in [2.05, 4.69) is 10.4 Å². The molecule has 0 unspecified atom stereocenters. The van der Waals surface area contributed by atoms with Crippen molar-refractivity contribution in [3.8, 4) is 17.2 Å². The molecule has 180 valence electrons. The van der Waals surface area contributed by atoms with Crippen LogP contribution in [0.4, 0.5) is 0 Å². The van der Waals surface area contributed by atoms with E-state index in [1.807, 2.05) is 20.8 Å². The second-order valence-electron chi connectivity index (χ2n) is 6.86. The fourth-order valence-corrected chi connectivity index (χ4v) is 3.49. The summed E-state index contributed by atoms with van der Waals surface area (Å²) >= 11 is 5.27. The molecule has 1 aromatic heterocycles. The summed E-state index contributed by atoms with van der Waals surface area (Å²) in [6, 6.07) is 7.38. The van der Waals surface area contributed by atoms with Gasteiger partial charge in [0.2, 0.25) is 5.75 Å². The predicted molar refractivity (Wildman–Crippen MR) is 128 cm³/mol. The highest BCUT2D eigenvalue weighted by atomic mass is 32.1. The molecule has 0 radical (unpaired) electrons. The van der Waals surface area contributed by atoms with Crippen LogP contribution in [-0.4, -0.2) is 48.5 Å². The molecular formula is C23H25N3O7S. The Bertz CT molecular complexity index is 1320. The molecule has 3 rings (SSSR count). The third-order valence-corrected chi connectivity index (χ3v) is 4.99. The smallest absolute Gasteiger partial charge is 0.337 e. The van der Waals surface area contributed by atoms with Crippen LogP contribution < -0.4 is 25.2 Å². The Morgan fingerprint density at radius 2 is 1.59 bits per heavy atom. The number of ether oxygens (including phenoxy) is 4. The van der Waals surface area contributed by atoms with Crippen LogP contribution in [-0.2, 0) is 4.74 Å². The molecule has 3 aromatic rings. The van der Waals surface area contributed by atoms with Crippen LogP contribution in [0.1, 0.15) is 41.5 Å². The van der Waals surface area contributed by atoms with Gasteiger partial charge in [-0.3, -0.25) is 15.0 Å². The highest BCUT2D eigenvalue weighted by molar-refractivity contribution is 7.71. The van der Waals surface area contributed by atoms with E-state index in [1.54, 1.807) is 0 Å². The van der Waals surface area contributed by atoms with Gasteiger partial charge in [-0.2, -0.15) is 4.68 Å². The lowest BCUT2D eigenvalue weighted by atomic mass is 10.1. The van der Waals surface area contributed by atoms with E-state index < -0.39 is 17.4 Å². The molecule has 0 aliphatic rings. The summed E-state index contributed by atoms with van der Waals surface area (Å²) in [5, 5.41) is 0.221. The maximum Gasteiger partial charge on any atom is 0.337 e. The number of carbonyl (C=O) groups excluding carboxylic acids is 2. The molecule has 0 atom stereocenters. The minimum Gasteiger partial charge on any atom is -0.490 e. The normalized spacial score (nSPS) is 10.6. The number of hydrogen-bond acceptors (Lipinski definition) is 8. The van der Waals surface area contributed by atoms with Crippen molar-refractivity contribution in [2.24, 2.45) is 0 Å². The number of hydrogen-bond donors (Lipinski definition) is 2. The topological polar surface area (TPSA) is 121 Å².